The molecule has 1 aromatic heterocycles. The molecule has 0 aliphatic heterocycles. The van der Waals surface area contributed by atoms with Crippen LogP contribution in [0.2, 0.25) is 0 Å². The van der Waals surface area contributed by atoms with Gasteiger partial charge in [0.25, 0.3) is 0 Å². The highest BCUT2D eigenvalue weighted by atomic mass is 15.2. The van der Waals surface area contributed by atoms with Crippen LogP contribution in [-0.4, -0.2) is 16.5 Å². The number of nitrogens with zero attached hydrogens (tertiary/aromatic N) is 3. The van der Waals surface area contributed by atoms with Crippen molar-refractivity contribution in [3.63, 3.8) is 0 Å². The van der Waals surface area contributed by atoms with Gasteiger partial charge in [0.1, 0.15) is 5.82 Å². The molecule has 128 valence electrons. The summed E-state index contributed by atoms with van der Waals surface area (Å²) in [6.07, 6.45) is 1.81. The SMILES string of the molecule is CCN(Cc1ccccc1)c1ccnc(Nc2c(C)cccc2C)n1. The van der Waals surface area contributed by atoms with E-state index in [9.17, 15) is 0 Å². The zero-order valence-corrected chi connectivity index (χ0v) is 15.0. The third-order valence-corrected chi connectivity index (χ3v) is 4.28. The first-order valence-electron chi connectivity index (χ1n) is 8.62. The van der Waals surface area contributed by atoms with E-state index in [0.29, 0.717) is 5.95 Å². The van der Waals surface area contributed by atoms with Gasteiger partial charge in [-0.1, -0.05) is 48.5 Å². The van der Waals surface area contributed by atoms with Gasteiger partial charge in [-0.15, -0.1) is 0 Å². The fourth-order valence-electron chi connectivity index (χ4n) is 2.87. The number of benzene rings is 2. The summed E-state index contributed by atoms with van der Waals surface area (Å²) < 4.78 is 0. The molecule has 0 amide bonds. The van der Waals surface area contributed by atoms with Gasteiger partial charge in [0, 0.05) is 25.0 Å². The molecule has 0 fully saturated rings. The van der Waals surface area contributed by atoms with Crippen LogP contribution in [0, 0.1) is 13.8 Å². The average Bonchev–Trinajstić information content (AvgIpc) is 2.64. The van der Waals surface area contributed by atoms with Crippen molar-refractivity contribution < 1.29 is 0 Å². The molecule has 0 spiro atoms. The lowest BCUT2D eigenvalue weighted by atomic mass is 10.1. The van der Waals surface area contributed by atoms with Crippen LogP contribution in [0.1, 0.15) is 23.6 Å². The molecule has 3 aromatic rings. The summed E-state index contributed by atoms with van der Waals surface area (Å²) in [4.78, 5) is 11.4. The van der Waals surface area contributed by atoms with Crippen molar-refractivity contribution in [2.45, 2.75) is 27.3 Å². The van der Waals surface area contributed by atoms with Gasteiger partial charge < -0.3 is 10.2 Å². The van der Waals surface area contributed by atoms with E-state index in [1.165, 1.54) is 16.7 Å². The molecule has 0 aliphatic carbocycles. The zero-order valence-electron chi connectivity index (χ0n) is 15.0. The Kier molecular flexibility index (Phi) is 5.29. The van der Waals surface area contributed by atoms with Gasteiger partial charge in [-0.3, -0.25) is 0 Å². The third-order valence-electron chi connectivity index (χ3n) is 4.28. The highest BCUT2D eigenvalue weighted by Gasteiger charge is 2.10. The summed E-state index contributed by atoms with van der Waals surface area (Å²) in [6.45, 7) is 8.04. The number of rotatable bonds is 6. The van der Waals surface area contributed by atoms with E-state index in [2.05, 4.69) is 78.4 Å². The second-order valence-electron chi connectivity index (χ2n) is 6.13. The molecule has 0 unspecified atom stereocenters. The normalized spacial score (nSPS) is 10.5. The number of hydrogen-bond donors (Lipinski definition) is 1. The molecular formula is C21H24N4. The Labute approximate surface area is 149 Å². The summed E-state index contributed by atoms with van der Waals surface area (Å²) in [7, 11) is 0. The Morgan fingerprint density at radius 3 is 2.32 bits per heavy atom. The van der Waals surface area contributed by atoms with Gasteiger partial charge >= 0.3 is 0 Å². The van der Waals surface area contributed by atoms with Crippen molar-refractivity contribution in [3.05, 3.63) is 77.5 Å². The smallest absolute Gasteiger partial charge is 0.229 e. The first-order valence-corrected chi connectivity index (χ1v) is 8.62. The van der Waals surface area contributed by atoms with E-state index >= 15 is 0 Å². The molecule has 0 saturated carbocycles. The second kappa shape index (κ2) is 7.79. The number of aryl methyl sites for hydroxylation is 2. The lowest BCUT2D eigenvalue weighted by Gasteiger charge is -2.22. The maximum absolute atomic E-state index is 4.72. The van der Waals surface area contributed by atoms with Crippen LogP contribution in [0.25, 0.3) is 0 Å². The van der Waals surface area contributed by atoms with Gasteiger partial charge in [-0.25, -0.2) is 4.98 Å². The quantitative estimate of drug-likeness (QED) is 0.699. The first kappa shape index (κ1) is 17.0. The molecule has 0 saturated heterocycles. The predicted octanol–water partition coefficient (Wildman–Crippen LogP) is 4.86. The molecule has 25 heavy (non-hydrogen) atoms. The van der Waals surface area contributed by atoms with Crippen LogP contribution >= 0.6 is 0 Å². The van der Waals surface area contributed by atoms with Crippen LogP contribution in [0.5, 0.6) is 0 Å². The summed E-state index contributed by atoms with van der Waals surface area (Å²) in [6, 6.07) is 18.7. The maximum Gasteiger partial charge on any atom is 0.229 e. The van der Waals surface area contributed by atoms with Gasteiger partial charge in [0.15, 0.2) is 0 Å². The van der Waals surface area contributed by atoms with Crippen LogP contribution in [0.3, 0.4) is 0 Å². The number of para-hydroxylation sites is 1. The molecule has 3 rings (SSSR count). The van der Waals surface area contributed by atoms with E-state index in [-0.39, 0.29) is 0 Å². The Morgan fingerprint density at radius 2 is 1.64 bits per heavy atom. The summed E-state index contributed by atoms with van der Waals surface area (Å²) in [5.74, 6) is 1.55. The molecule has 4 nitrogen and oxygen atoms in total. The van der Waals surface area contributed by atoms with Crippen LogP contribution in [-0.2, 0) is 6.54 Å². The van der Waals surface area contributed by atoms with Gasteiger partial charge in [0.05, 0.1) is 0 Å². The molecule has 1 heterocycles. The Morgan fingerprint density at radius 1 is 0.920 bits per heavy atom. The van der Waals surface area contributed by atoms with Crippen molar-refractivity contribution in [1.82, 2.24) is 9.97 Å². The molecule has 0 atom stereocenters. The lowest BCUT2D eigenvalue weighted by Crippen LogP contribution is -2.23. The highest BCUT2D eigenvalue weighted by Crippen LogP contribution is 2.23. The predicted molar refractivity (Wildman–Crippen MR) is 104 cm³/mol. The second-order valence-corrected chi connectivity index (χ2v) is 6.13. The minimum Gasteiger partial charge on any atom is -0.352 e. The minimum absolute atomic E-state index is 0.626. The molecule has 1 N–H and O–H groups in total. The van der Waals surface area contributed by atoms with Crippen LogP contribution in [0.15, 0.2) is 60.8 Å². The monoisotopic (exact) mass is 332 g/mol. The topological polar surface area (TPSA) is 41.1 Å². The fourth-order valence-corrected chi connectivity index (χ4v) is 2.87. The Hall–Kier alpha value is -2.88. The van der Waals surface area contributed by atoms with Crippen molar-refractivity contribution in [1.29, 1.82) is 0 Å². The average molecular weight is 332 g/mol. The molecule has 0 radical (unpaired) electrons. The summed E-state index contributed by atoms with van der Waals surface area (Å²) in [5, 5.41) is 3.37. The van der Waals surface area contributed by atoms with Crippen molar-refractivity contribution in [2.24, 2.45) is 0 Å². The molecular weight excluding hydrogens is 308 g/mol. The van der Waals surface area contributed by atoms with Crippen molar-refractivity contribution >= 4 is 17.5 Å². The van der Waals surface area contributed by atoms with Crippen LogP contribution in [0.4, 0.5) is 17.5 Å². The Bertz CT molecular complexity index is 810. The summed E-state index contributed by atoms with van der Waals surface area (Å²) >= 11 is 0. The maximum atomic E-state index is 4.72. The van der Waals surface area contributed by atoms with E-state index in [0.717, 1.165) is 24.6 Å². The highest BCUT2D eigenvalue weighted by molar-refractivity contribution is 5.63. The Balaban J connectivity index is 1.83. The van der Waals surface area contributed by atoms with Crippen LogP contribution < -0.4 is 10.2 Å². The van der Waals surface area contributed by atoms with E-state index in [4.69, 9.17) is 4.98 Å². The lowest BCUT2D eigenvalue weighted by molar-refractivity contribution is 0.811. The number of nitrogens with one attached hydrogen (secondary N) is 1. The standard InChI is InChI=1S/C21H24N4/c1-4-25(15-18-11-6-5-7-12-18)19-13-14-22-21(23-19)24-20-16(2)9-8-10-17(20)3/h5-14H,4,15H2,1-3H3,(H,22,23,24). The first-order chi connectivity index (χ1) is 12.2. The van der Waals surface area contributed by atoms with E-state index in [1.54, 1.807) is 0 Å². The van der Waals surface area contributed by atoms with E-state index in [1.807, 2.05) is 18.3 Å². The number of hydrogen-bond acceptors (Lipinski definition) is 4. The third kappa shape index (κ3) is 4.15. The van der Waals surface area contributed by atoms with E-state index < -0.39 is 0 Å². The summed E-state index contributed by atoms with van der Waals surface area (Å²) in [5.41, 5.74) is 4.72. The zero-order chi connectivity index (χ0) is 17.6. The largest absolute Gasteiger partial charge is 0.352 e. The number of anilines is 3. The van der Waals surface area contributed by atoms with Gasteiger partial charge in [-0.2, -0.15) is 4.98 Å². The van der Waals surface area contributed by atoms with Crippen molar-refractivity contribution in [3.8, 4) is 0 Å². The van der Waals surface area contributed by atoms with Crippen molar-refractivity contribution in [2.75, 3.05) is 16.8 Å². The molecule has 0 bridgehead atoms. The fraction of sp³-hybridized carbons (Fsp3) is 0.238. The molecule has 4 heteroatoms. The van der Waals surface area contributed by atoms with Gasteiger partial charge in [-0.05, 0) is 43.5 Å². The number of aromatic nitrogens is 2. The molecule has 0 aliphatic rings. The molecule has 2 aromatic carbocycles. The minimum atomic E-state index is 0.626. The van der Waals surface area contributed by atoms with Gasteiger partial charge in [0.2, 0.25) is 5.95 Å².